The van der Waals surface area contributed by atoms with Crippen LogP contribution in [0.2, 0.25) is 5.02 Å². The predicted octanol–water partition coefficient (Wildman–Crippen LogP) is 3.71. The van der Waals surface area contributed by atoms with Crippen LogP contribution in [0, 0.1) is 5.92 Å². The number of hydrogen-bond acceptors (Lipinski definition) is 5. The minimum atomic E-state index is -0.220. The van der Waals surface area contributed by atoms with Gasteiger partial charge < -0.3 is 10.0 Å². The highest BCUT2D eigenvalue weighted by Crippen LogP contribution is 2.30. The molecule has 126 valence electrons. The number of nitrogens with zero attached hydrogens (tertiary/aromatic N) is 4. The molecule has 0 bridgehead atoms. The maximum Gasteiger partial charge on any atom is 0.214 e. The molecule has 3 aromatic rings. The highest BCUT2D eigenvalue weighted by atomic mass is 35.5. The number of aliphatic hydroxyl groups excluding tert-OH is 1. The van der Waals surface area contributed by atoms with Gasteiger partial charge in [-0.2, -0.15) is 0 Å². The van der Waals surface area contributed by atoms with Gasteiger partial charge in [0.1, 0.15) is 0 Å². The molecule has 0 amide bonds. The summed E-state index contributed by atoms with van der Waals surface area (Å²) >= 11 is 7.55. The number of halogens is 1. The van der Waals surface area contributed by atoms with E-state index in [0.717, 1.165) is 52.3 Å². The number of imidazole rings is 1. The highest BCUT2D eigenvalue weighted by Gasteiger charge is 2.24. The topological polar surface area (TPSA) is 53.7 Å². The zero-order valence-electron chi connectivity index (χ0n) is 13.4. The first kappa shape index (κ1) is 15.9. The second-order valence-corrected chi connectivity index (χ2v) is 7.68. The van der Waals surface area contributed by atoms with E-state index in [2.05, 4.69) is 15.0 Å². The zero-order chi connectivity index (χ0) is 16.7. The number of fused-ring (bicyclic) bond motifs is 1. The van der Waals surface area contributed by atoms with Gasteiger partial charge in [0.25, 0.3) is 0 Å². The first-order valence-corrected chi connectivity index (χ1v) is 9.35. The highest BCUT2D eigenvalue weighted by molar-refractivity contribution is 7.20. The Morgan fingerprint density at radius 1 is 1.25 bits per heavy atom. The van der Waals surface area contributed by atoms with Gasteiger partial charge in [0.05, 0.1) is 18.0 Å². The van der Waals surface area contributed by atoms with Crippen molar-refractivity contribution >= 4 is 33.0 Å². The van der Waals surface area contributed by atoms with Crippen molar-refractivity contribution in [2.75, 3.05) is 18.0 Å². The van der Waals surface area contributed by atoms with Crippen LogP contribution >= 0.6 is 22.9 Å². The molecule has 0 aliphatic carbocycles. The minimum absolute atomic E-state index is 0.220. The van der Waals surface area contributed by atoms with E-state index in [4.69, 9.17) is 11.6 Å². The van der Waals surface area contributed by atoms with Gasteiger partial charge in [0.2, 0.25) is 10.1 Å². The smallest absolute Gasteiger partial charge is 0.214 e. The quantitative estimate of drug-likeness (QED) is 0.771. The lowest BCUT2D eigenvalue weighted by molar-refractivity contribution is 0.110. The number of benzene rings is 1. The second-order valence-electron chi connectivity index (χ2n) is 6.31. The van der Waals surface area contributed by atoms with Crippen LogP contribution in [-0.2, 0) is 0 Å². The van der Waals surface area contributed by atoms with Crippen LogP contribution < -0.4 is 4.90 Å². The SMILES string of the molecule is CC(O)C1CCN(c2nn3cc(-c4ccc(Cl)cc4)nc3s2)CC1. The van der Waals surface area contributed by atoms with Crippen molar-refractivity contribution in [3.63, 3.8) is 0 Å². The summed E-state index contributed by atoms with van der Waals surface area (Å²) in [4.78, 5) is 7.87. The molecule has 1 unspecified atom stereocenters. The average Bonchev–Trinajstić information content (AvgIpc) is 3.14. The molecular weight excluding hydrogens is 344 g/mol. The standard InChI is InChI=1S/C17H19ClN4OS/c1-11(23)12-6-8-21(9-7-12)17-20-22-10-15(19-16(22)24-17)13-2-4-14(18)5-3-13/h2-5,10-12,23H,6-9H2,1H3. The summed E-state index contributed by atoms with van der Waals surface area (Å²) in [6, 6.07) is 7.68. The zero-order valence-corrected chi connectivity index (χ0v) is 15.0. The molecule has 0 saturated carbocycles. The molecule has 4 rings (SSSR count). The van der Waals surface area contributed by atoms with Crippen LogP contribution in [-0.4, -0.2) is 38.9 Å². The maximum atomic E-state index is 9.72. The molecule has 0 radical (unpaired) electrons. The van der Waals surface area contributed by atoms with Crippen molar-refractivity contribution in [3.8, 4) is 11.3 Å². The van der Waals surface area contributed by atoms with Gasteiger partial charge in [0, 0.05) is 23.7 Å². The van der Waals surface area contributed by atoms with Gasteiger partial charge in [-0.05, 0) is 37.8 Å². The lowest BCUT2D eigenvalue weighted by Gasteiger charge is -2.32. The first-order valence-electron chi connectivity index (χ1n) is 8.15. The molecule has 1 aromatic carbocycles. The fraction of sp³-hybridized carbons (Fsp3) is 0.412. The lowest BCUT2D eigenvalue weighted by atomic mass is 9.92. The normalized spacial score (nSPS) is 17.5. The monoisotopic (exact) mass is 362 g/mol. The largest absolute Gasteiger partial charge is 0.393 e. The van der Waals surface area contributed by atoms with Gasteiger partial charge in [-0.3, -0.25) is 0 Å². The molecule has 0 spiro atoms. The van der Waals surface area contributed by atoms with E-state index < -0.39 is 0 Å². The molecule has 1 N–H and O–H groups in total. The van der Waals surface area contributed by atoms with Crippen molar-refractivity contribution in [1.29, 1.82) is 0 Å². The maximum absolute atomic E-state index is 9.72. The van der Waals surface area contributed by atoms with Gasteiger partial charge in [-0.25, -0.2) is 9.50 Å². The Hall–Kier alpha value is -1.63. The Balaban J connectivity index is 1.53. The molecule has 1 fully saturated rings. The summed E-state index contributed by atoms with van der Waals surface area (Å²) < 4.78 is 1.85. The number of rotatable bonds is 3. The Kier molecular flexibility index (Phi) is 4.20. The molecular formula is C17H19ClN4OS. The lowest BCUT2D eigenvalue weighted by Crippen LogP contribution is -2.37. The number of anilines is 1. The van der Waals surface area contributed by atoms with E-state index in [0.29, 0.717) is 5.92 Å². The third-order valence-electron chi connectivity index (χ3n) is 4.66. The van der Waals surface area contributed by atoms with E-state index in [-0.39, 0.29) is 6.10 Å². The van der Waals surface area contributed by atoms with Crippen LogP contribution in [0.3, 0.4) is 0 Å². The predicted molar refractivity (Wildman–Crippen MR) is 97.9 cm³/mol. The number of piperidine rings is 1. The van der Waals surface area contributed by atoms with Crippen molar-refractivity contribution in [2.24, 2.45) is 5.92 Å². The summed E-state index contributed by atoms with van der Waals surface area (Å²) in [5.41, 5.74) is 1.95. The fourth-order valence-electron chi connectivity index (χ4n) is 3.15. The molecule has 3 heterocycles. The minimum Gasteiger partial charge on any atom is -0.393 e. The summed E-state index contributed by atoms with van der Waals surface area (Å²) in [5.74, 6) is 0.404. The van der Waals surface area contributed by atoms with Crippen molar-refractivity contribution in [1.82, 2.24) is 14.6 Å². The molecule has 5 nitrogen and oxygen atoms in total. The third-order valence-corrected chi connectivity index (χ3v) is 5.90. The molecule has 1 aliphatic rings. The number of hydrogen-bond donors (Lipinski definition) is 1. The van der Waals surface area contributed by atoms with E-state index in [1.807, 2.05) is 41.9 Å². The van der Waals surface area contributed by atoms with Crippen molar-refractivity contribution in [3.05, 3.63) is 35.5 Å². The van der Waals surface area contributed by atoms with Crippen molar-refractivity contribution < 1.29 is 5.11 Å². The molecule has 2 aromatic heterocycles. The van der Waals surface area contributed by atoms with Gasteiger partial charge in [0.15, 0.2) is 0 Å². The Bertz CT molecular complexity index is 803. The van der Waals surface area contributed by atoms with Crippen LogP contribution in [0.5, 0.6) is 0 Å². The molecule has 7 heteroatoms. The van der Waals surface area contributed by atoms with E-state index in [1.165, 1.54) is 0 Å². The molecule has 1 aliphatic heterocycles. The van der Waals surface area contributed by atoms with Crippen LogP contribution in [0.15, 0.2) is 30.5 Å². The van der Waals surface area contributed by atoms with Gasteiger partial charge in [-0.15, -0.1) is 5.10 Å². The van der Waals surface area contributed by atoms with Crippen molar-refractivity contribution in [2.45, 2.75) is 25.9 Å². The first-order chi connectivity index (χ1) is 11.6. The van der Waals surface area contributed by atoms with E-state index in [1.54, 1.807) is 11.3 Å². The molecule has 1 saturated heterocycles. The second kappa shape index (κ2) is 6.35. The van der Waals surface area contributed by atoms with E-state index >= 15 is 0 Å². The summed E-state index contributed by atoms with van der Waals surface area (Å²) in [7, 11) is 0. The van der Waals surface area contributed by atoms with Crippen LogP contribution in [0.25, 0.3) is 16.2 Å². The molecule has 1 atom stereocenters. The number of aromatic nitrogens is 3. The molecule has 24 heavy (non-hydrogen) atoms. The third kappa shape index (κ3) is 3.01. The van der Waals surface area contributed by atoms with Gasteiger partial charge in [-0.1, -0.05) is 35.1 Å². The Morgan fingerprint density at radius 2 is 1.96 bits per heavy atom. The number of aliphatic hydroxyl groups is 1. The Morgan fingerprint density at radius 3 is 2.58 bits per heavy atom. The fourth-order valence-corrected chi connectivity index (χ4v) is 4.21. The summed E-state index contributed by atoms with van der Waals surface area (Å²) in [6.45, 7) is 3.77. The van der Waals surface area contributed by atoms with Crippen LogP contribution in [0.4, 0.5) is 5.13 Å². The summed E-state index contributed by atoms with van der Waals surface area (Å²) in [5, 5.41) is 16.1. The van der Waals surface area contributed by atoms with E-state index in [9.17, 15) is 5.11 Å². The summed E-state index contributed by atoms with van der Waals surface area (Å²) in [6.07, 6.45) is 3.76. The van der Waals surface area contributed by atoms with Crippen LogP contribution in [0.1, 0.15) is 19.8 Å². The van der Waals surface area contributed by atoms with Gasteiger partial charge >= 0.3 is 0 Å². The Labute approximate surface area is 149 Å². The average molecular weight is 363 g/mol.